The molecule has 0 N–H and O–H groups in total. The first-order valence-electron chi connectivity index (χ1n) is 29.6. The lowest BCUT2D eigenvalue weighted by atomic mass is 10.1. The summed E-state index contributed by atoms with van der Waals surface area (Å²) in [6, 6.07) is 0. The van der Waals surface area contributed by atoms with Crippen LogP contribution in [0.5, 0.6) is 0 Å². The summed E-state index contributed by atoms with van der Waals surface area (Å²) < 4.78 is 16.9. The Morgan fingerprint density at radius 3 is 0.900 bits per heavy atom. The molecule has 0 aliphatic heterocycles. The molecule has 0 radical (unpaired) electrons. The van der Waals surface area contributed by atoms with Crippen molar-refractivity contribution in [3.8, 4) is 0 Å². The molecule has 0 saturated carbocycles. The van der Waals surface area contributed by atoms with Gasteiger partial charge in [-0.15, -0.1) is 0 Å². The van der Waals surface area contributed by atoms with Gasteiger partial charge in [0.15, 0.2) is 6.10 Å². The first-order chi connectivity index (χ1) is 34.5. The fourth-order valence-corrected chi connectivity index (χ4v) is 8.16. The first-order valence-corrected chi connectivity index (χ1v) is 29.6. The highest BCUT2D eigenvalue weighted by atomic mass is 16.6. The van der Waals surface area contributed by atoms with Crippen LogP contribution in [0.4, 0.5) is 0 Å². The highest BCUT2D eigenvalue weighted by Gasteiger charge is 2.19. The van der Waals surface area contributed by atoms with Crippen molar-refractivity contribution in [2.45, 2.75) is 290 Å². The number of carbonyl (C=O) groups is 3. The molecule has 6 nitrogen and oxygen atoms in total. The van der Waals surface area contributed by atoms with E-state index in [1.54, 1.807) is 0 Å². The van der Waals surface area contributed by atoms with Crippen LogP contribution in [0.15, 0.2) is 85.1 Å². The van der Waals surface area contributed by atoms with Crippen LogP contribution in [0.3, 0.4) is 0 Å². The van der Waals surface area contributed by atoms with Crippen molar-refractivity contribution in [1.82, 2.24) is 0 Å². The quantitative estimate of drug-likeness (QED) is 0.0261. The zero-order valence-corrected chi connectivity index (χ0v) is 46.0. The summed E-state index contributed by atoms with van der Waals surface area (Å²) in [4.78, 5) is 38.2. The molecule has 0 aromatic heterocycles. The van der Waals surface area contributed by atoms with Crippen LogP contribution >= 0.6 is 0 Å². The van der Waals surface area contributed by atoms with E-state index in [1.165, 1.54) is 122 Å². The monoisotopic (exact) mass is 975 g/mol. The van der Waals surface area contributed by atoms with E-state index >= 15 is 0 Å². The number of rotatable bonds is 53. The maximum atomic E-state index is 12.9. The van der Waals surface area contributed by atoms with Gasteiger partial charge in [-0.05, 0) is 116 Å². The standard InChI is InChI=1S/C64H110O6/c1-4-7-10-13-16-19-22-25-28-31-32-34-36-39-42-45-48-51-54-57-63(66)69-60-61(59-68-62(65)56-53-50-47-44-41-38-35-30-27-24-21-18-15-12-9-6-3)70-64(67)58-55-52-49-46-43-40-37-33-29-26-23-20-17-14-11-8-5-2/h8,11,17,20-21,24-26,28-30,35,37,40,61H,4-7,9-10,12-16,18-19,22-23,27,31-34,36,38-39,41-60H2,1-3H3/b11-8-,20-17-,24-21-,28-25-,29-26-,35-30-,40-37-. The topological polar surface area (TPSA) is 78.9 Å². The number of hydrogen-bond acceptors (Lipinski definition) is 6. The maximum absolute atomic E-state index is 12.9. The minimum Gasteiger partial charge on any atom is -0.462 e. The molecule has 0 spiro atoms. The van der Waals surface area contributed by atoms with Gasteiger partial charge in [0.05, 0.1) is 0 Å². The summed E-state index contributed by atoms with van der Waals surface area (Å²) in [5, 5.41) is 0. The molecule has 0 fully saturated rings. The third-order valence-corrected chi connectivity index (χ3v) is 12.6. The summed E-state index contributed by atoms with van der Waals surface area (Å²) in [6.07, 6.45) is 75.7. The number of esters is 3. The predicted molar refractivity (Wildman–Crippen MR) is 302 cm³/mol. The van der Waals surface area contributed by atoms with Crippen molar-refractivity contribution in [2.24, 2.45) is 0 Å². The highest BCUT2D eigenvalue weighted by molar-refractivity contribution is 5.71. The molecule has 0 saturated heterocycles. The summed E-state index contributed by atoms with van der Waals surface area (Å²) in [5.41, 5.74) is 0. The van der Waals surface area contributed by atoms with Crippen molar-refractivity contribution in [2.75, 3.05) is 13.2 Å². The van der Waals surface area contributed by atoms with Crippen LogP contribution in [0.1, 0.15) is 284 Å². The van der Waals surface area contributed by atoms with Gasteiger partial charge in [-0.25, -0.2) is 0 Å². The third-order valence-electron chi connectivity index (χ3n) is 12.6. The Labute approximate surface area is 433 Å². The van der Waals surface area contributed by atoms with Gasteiger partial charge >= 0.3 is 17.9 Å². The van der Waals surface area contributed by atoms with E-state index in [0.717, 1.165) is 122 Å². The Hall–Kier alpha value is -3.41. The minimum absolute atomic E-state index is 0.0918. The Bertz CT molecular complexity index is 1350. The lowest BCUT2D eigenvalue weighted by Crippen LogP contribution is -2.30. The van der Waals surface area contributed by atoms with Crippen LogP contribution in [-0.4, -0.2) is 37.2 Å². The summed E-state index contributed by atoms with van der Waals surface area (Å²) in [7, 11) is 0. The van der Waals surface area contributed by atoms with E-state index < -0.39 is 6.10 Å². The zero-order chi connectivity index (χ0) is 50.7. The largest absolute Gasteiger partial charge is 0.462 e. The van der Waals surface area contributed by atoms with Gasteiger partial charge in [-0.2, -0.15) is 0 Å². The van der Waals surface area contributed by atoms with E-state index in [4.69, 9.17) is 14.2 Å². The molecule has 0 aliphatic rings. The normalized spacial score (nSPS) is 12.7. The van der Waals surface area contributed by atoms with Gasteiger partial charge in [0.25, 0.3) is 0 Å². The molecular weight excluding hydrogens is 865 g/mol. The summed E-state index contributed by atoms with van der Waals surface area (Å²) >= 11 is 0. The second kappa shape index (κ2) is 58.2. The van der Waals surface area contributed by atoms with E-state index in [2.05, 4.69) is 106 Å². The third kappa shape index (κ3) is 55.5. The molecule has 402 valence electrons. The number of hydrogen-bond donors (Lipinski definition) is 0. The average Bonchev–Trinajstić information content (AvgIpc) is 3.36. The van der Waals surface area contributed by atoms with Crippen molar-refractivity contribution < 1.29 is 28.6 Å². The minimum atomic E-state index is -0.797. The Morgan fingerprint density at radius 1 is 0.300 bits per heavy atom. The van der Waals surface area contributed by atoms with Gasteiger partial charge in [0.1, 0.15) is 13.2 Å². The molecule has 0 aromatic carbocycles. The molecule has 0 aromatic rings. The number of allylic oxidation sites excluding steroid dienone is 14. The fraction of sp³-hybridized carbons (Fsp3) is 0.734. The SMILES string of the molecule is CC/C=C\C/C=C\C/C=C\C/C=C\CCCCCCC(=O)OC(COC(=O)CCCCCCC/C=C\C/C=C\CCCCCC)COC(=O)CCCCCCCCCCC/C=C\CCCCCCCC. The van der Waals surface area contributed by atoms with Crippen molar-refractivity contribution in [1.29, 1.82) is 0 Å². The second-order valence-corrected chi connectivity index (χ2v) is 19.5. The molecule has 0 bridgehead atoms. The van der Waals surface area contributed by atoms with Crippen LogP contribution in [0.2, 0.25) is 0 Å². The van der Waals surface area contributed by atoms with Crippen molar-refractivity contribution >= 4 is 17.9 Å². The van der Waals surface area contributed by atoms with Crippen LogP contribution in [0.25, 0.3) is 0 Å². The Balaban J connectivity index is 4.44. The highest BCUT2D eigenvalue weighted by Crippen LogP contribution is 2.15. The van der Waals surface area contributed by atoms with E-state index in [1.807, 2.05) is 0 Å². The summed E-state index contributed by atoms with van der Waals surface area (Å²) in [6.45, 7) is 6.49. The number of unbranched alkanes of at least 4 members (excludes halogenated alkanes) is 28. The van der Waals surface area contributed by atoms with E-state index in [-0.39, 0.29) is 31.1 Å². The van der Waals surface area contributed by atoms with E-state index in [0.29, 0.717) is 19.3 Å². The zero-order valence-electron chi connectivity index (χ0n) is 46.0. The van der Waals surface area contributed by atoms with E-state index in [9.17, 15) is 14.4 Å². The smallest absolute Gasteiger partial charge is 0.306 e. The second-order valence-electron chi connectivity index (χ2n) is 19.5. The average molecular weight is 976 g/mol. The molecule has 0 rings (SSSR count). The lowest BCUT2D eigenvalue weighted by Gasteiger charge is -2.18. The first kappa shape index (κ1) is 66.6. The predicted octanol–water partition coefficient (Wildman–Crippen LogP) is 19.9. The molecule has 1 atom stereocenters. The maximum Gasteiger partial charge on any atom is 0.306 e. The number of ether oxygens (including phenoxy) is 3. The van der Waals surface area contributed by atoms with Gasteiger partial charge < -0.3 is 14.2 Å². The molecule has 0 heterocycles. The number of carbonyl (C=O) groups excluding carboxylic acids is 3. The fourth-order valence-electron chi connectivity index (χ4n) is 8.16. The van der Waals surface area contributed by atoms with Crippen LogP contribution < -0.4 is 0 Å². The molecule has 1 unspecified atom stereocenters. The van der Waals surface area contributed by atoms with Gasteiger partial charge in [0, 0.05) is 19.3 Å². The Kier molecular flexibility index (Phi) is 55.3. The van der Waals surface area contributed by atoms with Crippen LogP contribution in [-0.2, 0) is 28.6 Å². The Morgan fingerprint density at radius 2 is 0.557 bits per heavy atom. The molecule has 6 heteroatoms. The van der Waals surface area contributed by atoms with Crippen molar-refractivity contribution in [3.63, 3.8) is 0 Å². The molecule has 0 amide bonds. The van der Waals surface area contributed by atoms with Crippen LogP contribution in [0, 0.1) is 0 Å². The van der Waals surface area contributed by atoms with Gasteiger partial charge in [-0.1, -0.05) is 234 Å². The molecule has 70 heavy (non-hydrogen) atoms. The summed E-state index contributed by atoms with van der Waals surface area (Å²) in [5.74, 6) is -0.925. The molecule has 0 aliphatic carbocycles. The van der Waals surface area contributed by atoms with Crippen molar-refractivity contribution in [3.05, 3.63) is 85.1 Å². The molecular formula is C64H110O6. The lowest BCUT2D eigenvalue weighted by molar-refractivity contribution is -0.167. The van der Waals surface area contributed by atoms with Gasteiger partial charge in [-0.3, -0.25) is 14.4 Å². The van der Waals surface area contributed by atoms with Gasteiger partial charge in [0.2, 0.25) is 0 Å².